The van der Waals surface area contributed by atoms with Crippen molar-refractivity contribution in [3.8, 4) is 18.1 Å². The van der Waals surface area contributed by atoms with Crippen LogP contribution < -0.4 is 24.9 Å². The molecule has 0 saturated carbocycles. The van der Waals surface area contributed by atoms with E-state index in [1.807, 2.05) is 97.2 Å². The summed E-state index contributed by atoms with van der Waals surface area (Å²) in [6.45, 7) is 1.92. The number of carbonyl (C=O) groups is 1. The molecular weight excluding hydrogens is 539 g/mol. The van der Waals surface area contributed by atoms with Crippen molar-refractivity contribution in [1.29, 1.82) is 0 Å². The van der Waals surface area contributed by atoms with Gasteiger partial charge in [0.2, 0.25) is 0 Å². The van der Waals surface area contributed by atoms with E-state index in [4.69, 9.17) is 16.2 Å². The first-order valence-electron chi connectivity index (χ1n) is 12.6. The van der Waals surface area contributed by atoms with Crippen molar-refractivity contribution in [3.05, 3.63) is 126 Å². The van der Waals surface area contributed by atoms with Crippen molar-refractivity contribution < 1.29 is 9.53 Å². The smallest absolute Gasteiger partial charge is 0.271 e. The standard InChI is InChI=1S/C32H23N3O3S2/c1-3-17-38-25-16-15-21-10-7-8-13-23(21)24(25)19-27-31(37)35-29(26-14-9-18-39-26)28(20(2)33-32(35)40-27)30(36)34-22-11-5-4-6-12-22/h1,4-16,18-19,29H,17H2,2H3,(H,34,36)/b27-19+/t29-/m0/s1. The lowest BCUT2D eigenvalue weighted by molar-refractivity contribution is -0.113. The van der Waals surface area contributed by atoms with E-state index in [1.165, 1.54) is 22.7 Å². The molecule has 3 heterocycles. The molecule has 0 unspecified atom stereocenters. The molecule has 0 aliphatic carbocycles. The number of rotatable bonds is 6. The third-order valence-electron chi connectivity index (χ3n) is 6.63. The van der Waals surface area contributed by atoms with Gasteiger partial charge in [0.15, 0.2) is 4.80 Å². The topological polar surface area (TPSA) is 72.7 Å². The number of fused-ring (bicyclic) bond motifs is 2. The molecule has 1 aliphatic rings. The van der Waals surface area contributed by atoms with Crippen LogP contribution in [0.3, 0.4) is 0 Å². The number of amides is 1. The highest BCUT2D eigenvalue weighted by molar-refractivity contribution is 7.10. The lowest BCUT2D eigenvalue weighted by Crippen LogP contribution is -2.40. The van der Waals surface area contributed by atoms with Crippen molar-refractivity contribution in [2.24, 2.45) is 4.99 Å². The van der Waals surface area contributed by atoms with Crippen LogP contribution in [0.25, 0.3) is 16.8 Å². The van der Waals surface area contributed by atoms with Gasteiger partial charge in [-0.25, -0.2) is 4.99 Å². The van der Waals surface area contributed by atoms with E-state index in [-0.39, 0.29) is 18.1 Å². The second-order valence-electron chi connectivity index (χ2n) is 9.11. The Morgan fingerprint density at radius 1 is 1.10 bits per heavy atom. The van der Waals surface area contributed by atoms with Crippen molar-refractivity contribution in [1.82, 2.24) is 4.57 Å². The van der Waals surface area contributed by atoms with Crippen LogP contribution in [0.2, 0.25) is 0 Å². The summed E-state index contributed by atoms with van der Waals surface area (Å²) in [5.41, 5.74) is 2.22. The zero-order chi connectivity index (χ0) is 27.6. The number of benzene rings is 3. The van der Waals surface area contributed by atoms with Gasteiger partial charge in [0.05, 0.1) is 15.8 Å². The molecule has 1 aliphatic heterocycles. The highest BCUT2D eigenvalue weighted by Crippen LogP contribution is 2.33. The van der Waals surface area contributed by atoms with Gasteiger partial charge in [-0.05, 0) is 53.4 Å². The summed E-state index contributed by atoms with van der Waals surface area (Å²) in [5, 5.41) is 6.87. The molecule has 2 aromatic heterocycles. The number of para-hydroxylation sites is 1. The Kier molecular flexibility index (Phi) is 6.91. The summed E-state index contributed by atoms with van der Waals surface area (Å²) in [5.74, 6) is 2.81. The Labute approximate surface area is 238 Å². The SMILES string of the molecule is C#CCOc1ccc2ccccc2c1/C=c1/sc2n(c1=O)[C@@H](c1cccs1)C(C(=O)Nc1ccccc1)=C(C)N=2. The zero-order valence-electron chi connectivity index (χ0n) is 21.5. The number of nitrogens with one attached hydrogen (secondary N) is 1. The minimum Gasteiger partial charge on any atom is -0.480 e. The Morgan fingerprint density at radius 2 is 1.90 bits per heavy atom. The number of aromatic nitrogens is 1. The normalized spacial score (nSPS) is 14.9. The van der Waals surface area contributed by atoms with Gasteiger partial charge in [0.25, 0.3) is 11.5 Å². The van der Waals surface area contributed by atoms with Gasteiger partial charge in [0.1, 0.15) is 18.4 Å². The van der Waals surface area contributed by atoms with Gasteiger partial charge < -0.3 is 10.1 Å². The summed E-state index contributed by atoms with van der Waals surface area (Å²) in [6.07, 6.45) is 7.30. The molecular formula is C32H23N3O3S2. The Bertz CT molecular complexity index is 2000. The molecule has 8 heteroatoms. The first-order chi connectivity index (χ1) is 19.5. The molecule has 0 spiro atoms. The minimum atomic E-state index is -0.605. The van der Waals surface area contributed by atoms with Crippen molar-refractivity contribution in [2.45, 2.75) is 13.0 Å². The van der Waals surface area contributed by atoms with Crippen LogP contribution in [-0.2, 0) is 4.79 Å². The van der Waals surface area contributed by atoms with Gasteiger partial charge in [-0.1, -0.05) is 71.9 Å². The van der Waals surface area contributed by atoms with Crippen molar-refractivity contribution >= 4 is 51.1 Å². The first-order valence-corrected chi connectivity index (χ1v) is 14.2. The fourth-order valence-corrected chi connectivity index (χ4v) is 6.70. The molecule has 1 atom stereocenters. The Morgan fingerprint density at radius 3 is 2.67 bits per heavy atom. The third-order valence-corrected chi connectivity index (χ3v) is 8.54. The van der Waals surface area contributed by atoms with Crippen LogP contribution in [0.5, 0.6) is 5.75 Å². The molecule has 1 amide bonds. The number of anilines is 1. The number of allylic oxidation sites excluding steroid dienone is 1. The molecule has 196 valence electrons. The van der Waals surface area contributed by atoms with Crippen molar-refractivity contribution in [2.75, 3.05) is 11.9 Å². The van der Waals surface area contributed by atoms with E-state index < -0.39 is 6.04 Å². The summed E-state index contributed by atoms with van der Waals surface area (Å²) in [7, 11) is 0. The zero-order valence-corrected chi connectivity index (χ0v) is 23.1. The number of thiazole rings is 1. The van der Waals surface area contributed by atoms with Gasteiger partial charge in [0, 0.05) is 16.1 Å². The summed E-state index contributed by atoms with van der Waals surface area (Å²) >= 11 is 2.79. The molecule has 6 nitrogen and oxygen atoms in total. The predicted octanol–water partition coefficient (Wildman–Crippen LogP) is 5.10. The largest absolute Gasteiger partial charge is 0.480 e. The second-order valence-corrected chi connectivity index (χ2v) is 11.1. The van der Waals surface area contributed by atoms with Crippen LogP contribution in [0.4, 0.5) is 5.69 Å². The van der Waals surface area contributed by atoms with Crippen LogP contribution in [0, 0.1) is 12.3 Å². The van der Waals surface area contributed by atoms with Crippen LogP contribution >= 0.6 is 22.7 Å². The van der Waals surface area contributed by atoms with Gasteiger partial charge in [-0.2, -0.15) is 0 Å². The van der Waals surface area contributed by atoms with E-state index in [2.05, 4.69) is 11.2 Å². The maximum absolute atomic E-state index is 14.1. The molecule has 0 fully saturated rings. The van der Waals surface area contributed by atoms with Crippen molar-refractivity contribution in [3.63, 3.8) is 0 Å². The van der Waals surface area contributed by atoms with E-state index in [1.54, 1.807) is 4.57 Å². The molecule has 5 aromatic rings. The van der Waals surface area contributed by atoms with E-state index in [0.29, 0.717) is 32.0 Å². The highest BCUT2D eigenvalue weighted by atomic mass is 32.1. The fraction of sp³-hybridized carbons (Fsp3) is 0.0938. The van der Waals surface area contributed by atoms with Gasteiger partial charge in [-0.3, -0.25) is 14.2 Å². The molecule has 6 rings (SSSR count). The van der Waals surface area contributed by atoms with Crippen LogP contribution in [0.1, 0.15) is 23.4 Å². The van der Waals surface area contributed by atoms with Crippen LogP contribution in [0.15, 0.2) is 105 Å². The summed E-state index contributed by atoms with van der Waals surface area (Å²) < 4.78 is 7.97. The number of nitrogens with zero attached hydrogens (tertiary/aromatic N) is 2. The summed E-state index contributed by atoms with van der Waals surface area (Å²) in [6, 6.07) is 24.3. The predicted molar refractivity (Wildman–Crippen MR) is 161 cm³/mol. The molecule has 40 heavy (non-hydrogen) atoms. The van der Waals surface area contributed by atoms with Crippen LogP contribution in [-0.4, -0.2) is 17.1 Å². The fourth-order valence-electron chi connectivity index (χ4n) is 4.85. The number of ether oxygens (including phenoxy) is 1. The molecule has 0 radical (unpaired) electrons. The number of terminal acetylenes is 1. The minimum absolute atomic E-state index is 0.109. The Balaban J connectivity index is 1.53. The average molecular weight is 562 g/mol. The van der Waals surface area contributed by atoms with E-state index >= 15 is 0 Å². The lowest BCUT2D eigenvalue weighted by Gasteiger charge is -2.24. The lowest BCUT2D eigenvalue weighted by atomic mass is 10.0. The first kappa shape index (κ1) is 25.6. The van der Waals surface area contributed by atoms with Gasteiger partial charge >= 0.3 is 0 Å². The number of thiophene rings is 1. The second kappa shape index (κ2) is 10.8. The quantitative estimate of drug-likeness (QED) is 0.293. The Hall–Kier alpha value is -4.71. The highest BCUT2D eigenvalue weighted by Gasteiger charge is 2.33. The molecule has 0 saturated heterocycles. The number of hydrogen-bond acceptors (Lipinski definition) is 6. The number of carbonyl (C=O) groups excluding carboxylic acids is 1. The van der Waals surface area contributed by atoms with E-state index in [9.17, 15) is 9.59 Å². The number of hydrogen-bond donors (Lipinski definition) is 1. The average Bonchev–Trinajstić information content (AvgIpc) is 3.61. The summed E-state index contributed by atoms with van der Waals surface area (Å²) in [4.78, 5) is 33.8. The van der Waals surface area contributed by atoms with E-state index in [0.717, 1.165) is 21.2 Å². The maximum atomic E-state index is 14.1. The molecule has 1 N–H and O–H groups in total. The molecule has 0 bridgehead atoms. The maximum Gasteiger partial charge on any atom is 0.271 e. The monoisotopic (exact) mass is 561 g/mol. The third kappa shape index (κ3) is 4.66. The van der Waals surface area contributed by atoms with Gasteiger partial charge in [-0.15, -0.1) is 17.8 Å². The molecule has 3 aromatic carbocycles.